The number of phenols is 2. The second-order valence-corrected chi connectivity index (χ2v) is 6.22. The van der Waals surface area contributed by atoms with Gasteiger partial charge in [-0.3, -0.25) is 0 Å². The van der Waals surface area contributed by atoms with Crippen molar-refractivity contribution in [3.63, 3.8) is 0 Å². The van der Waals surface area contributed by atoms with Gasteiger partial charge in [0.25, 0.3) is 0 Å². The molecular formula is C22H24N2O4. The molecule has 0 radical (unpaired) electrons. The normalized spacial score (nSPS) is 10.4. The Morgan fingerprint density at radius 3 is 1.54 bits per heavy atom. The molecule has 3 rings (SSSR count). The molecule has 0 aromatic heterocycles. The van der Waals surface area contributed by atoms with Crippen LogP contribution in [-0.4, -0.2) is 24.4 Å². The Hall–Kier alpha value is -3.54. The van der Waals surface area contributed by atoms with Crippen LogP contribution in [0.5, 0.6) is 23.0 Å². The minimum Gasteiger partial charge on any atom is -0.504 e. The second kappa shape index (κ2) is 8.90. The Kier molecular flexibility index (Phi) is 6.11. The molecule has 4 N–H and O–H groups in total. The molecular weight excluding hydrogens is 356 g/mol. The molecule has 28 heavy (non-hydrogen) atoms. The number of aromatic hydroxyl groups is 2. The molecule has 0 saturated heterocycles. The Morgan fingerprint density at radius 2 is 1.11 bits per heavy atom. The van der Waals surface area contributed by atoms with Gasteiger partial charge in [-0.15, -0.1) is 0 Å². The number of nitrogens with one attached hydrogen (secondary N) is 2. The summed E-state index contributed by atoms with van der Waals surface area (Å²) >= 11 is 0. The molecule has 0 aliphatic carbocycles. The number of hydrogen-bond donors (Lipinski definition) is 4. The van der Waals surface area contributed by atoms with E-state index in [2.05, 4.69) is 10.6 Å². The van der Waals surface area contributed by atoms with Crippen molar-refractivity contribution in [3.8, 4) is 23.0 Å². The SMILES string of the molecule is COc1cccc(CNc2cccc(NCc3cccc(OC)c3O)c2)c1O. The van der Waals surface area contributed by atoms with Crippen LogP contribution in [-0.2, 0) is 13.1 Å². The third kappa shape index (κ3) is 4.40. The quantitative estimate of drug-likeness (QED) is 0.465. The van der Waals surface area contributed by atoms with Crippen molar-refractivity contribution >= 4 is 11.4 Å². The molecule has 0 unspecified atom stereocenters. The number of rotatable bonds is 8. The number of methoxy groups -OCH3 is 2. The molecule has 0 aliphatic rings. The van der Waals surface area contributed by atoms with Crippen LogP contribution in [0.2, 0.25) is 0 Å². The van der Waals surface area contributed by atoms with Gasteiger partial charge < -0.3 is 30.3 Å². The van der Waals surface area contributed by atoms with Crippen LogP contribution >= 0.6 is 0 Å². The van der Waals surface area contributed by atoms with E-state index in [0.717, 1.165) is 22.5 Å². The predicted octanol–water partition coefficient (Wildman–Crippen LogP) is 4.34. The zero-order chi connectivity index (χ0) is 19.9. The summed E-state index contributed by atoms with van der Waals surface area (Å²) in [7, 11) is 3.06. The highest BCUT2D eigenvalue weighted by Gasteiger charge is 2.08. The standard InChI is InChI=1S/C22H24N2O4/c1-27-19-10-3-6-15(21(19)25)13-23-17-8-5-9-18(12-17)24-14-16-7-4-11-20(28-2)22(16)26/h3-12,23-26H,13-14H2,1-2H3. The van der Waals surface area contributed by atoms with Crippen LogP contribution in [0.25, 0.3) is 0 Å². The molecule has 0 saturated carbocycles. The summed E-state index contributed by atoms with van der Waals surface area (Å²) in [6.07, 6.45) is 0. The number of anilines is 2. The van der Waals surface area contributed by atoms with Gasteiger partial charge in [-0.05, 0) is 30.3 Å². The average molecular weight is 380 g/mol. The summed E-state index contributed by atoms with van der Waals surface area (Å²) in [5.74, 6) is 1.18. The first-order chi connectivity index (χ1) is 13.6. The Morgan fingerprint density at radius 1 is 0.679 bits per heavy atom. The van der Waals surface area contributed by atoms with Crippen molar-refractivity contribution in [3.05, 3.63) is 71.8 Å². The number of hydrogen-bond acceptors (Lipinski definition) is 6. The molecule has 0 bridgehead atoms. The Bertz CT molecular complexity index is 871. The van der Waals surface area contributed by atoms with E-state index in [9.17, 15) is 10.2 Å². The molecule has 3 aromatic carbocycles. The summed E-state index contributed by atoms with van der Waals surface area (Å²) in [6.45, 7) is 0.923. The van der Waals surface area contributed by atoms with Crippen molar-refractivity contribution < 1.29 is 19.7 Å². The molecule has 146 valence electrons. The highest BCUT2D eigenvalue weighted by Crippen LogP contribution is 2.31. The first-order valence-corrected chi connectivity index (χ1v) is 8.90. The van der Waals surface area contributed by atoms with E-state index < -0.39 is 0 Å². The maximum absolute atomic E-state index is 10.2. The van der Waals surface area contributed by atoms with E-state index in [-0.39, 0.29) is 11.5 Å². The van der Waals surface area contributed by atoms with Crippen LogP contribution in [0.3, 0.4) is 0 Å². The van der Waals surface area contributed by atoms with E-state index in [1.165, 1.54) is 14.2 Å². The third-order valence-corrected chi connectivity index (χ3v) is 4.43. The lowest BCUT2D eigenvalue weighted by Crippen LogP contribution is -2.03. The van der Waals surface area contributed by atoms with Gasteiger partial charge in [0.1, 0.15) is 0 Å². The third-order valence-electron chi connectivity index (χ3n) is 4.43. The predicted molar refractivity (Wildman–Crippen MR) is 110 cm³/mol. The first-order valence-electron chi connectivity index (χ1n) is 8.90. The monoisotopic (exact) mass is 380 g/mol. The van der Waals surface area contributed by atoms with Crippen molar-refractivity contribution in [2.24, 2.45) is 0 Å². The van der Waals surface area contributed by atoms with Crippen LogP contribution in [0.4, 0.5) is 11.4 Å². The topological polar surface area (TPSA) is 83.0 Å². The summed E-state index contributed by atoms with van der Waals surface area (Å²) in [5.41, 5.74) is 3.31. The number of ether oxygens (including phenoxy) is 2. The van der Waals surface area contributed by atoms with Gasteiger partial charge in [0.05, 0.1) is 14.2 Å². The van der Waals surface area contributed by atoms with Gasteiger partial charge in [0.15, 0.2) is 23.0 Å². The zero-order valence-corrected chi connectivity index (χ0v) is 15.9. The second-order valence-electron chi connectivity index (χ2n) is 6.22. The molecule has 0 amide bonds. The maximum atomic E-state index is 10.2. The van der Waals surface area contributed by atoms with E-state index in [4.69, 9.17) is 9.47 Å². The molecule has 6 heteroatoms. The maximum Gasteiger partial charge on any atom is 0.162 e. The van der Waals surface area contributed by atoms with Crippen LogP contribution in [0.1, 0.15) is 11.1 Å². The molecule has 0 atom stereocenters. The van der Waals surface area contributed by atoms with Gasteiger partial charge in [0.2, 0.25) is 0 Å². The minimum absolute atomic E-state index is 0.139. The highest BCUT2D eigenvalue weighted by atomic mass is 16.5. The highest BCUT2D eigenvalue weighted by molar-refractivity contribution is 5.58. The Balaban J connectivity index is 1.65. The van der Waals surface area contributed by atoms with Crippen molar-refractivity contribution in [1.82, 2.24) is 0 Å². The average Bonchev–Trinajstić information content (AvgIpc) is 2.72. The largest absolute Gasteiger partial charge is 0.504 e. The number of phenolic OH excluding ortho intramolecular Hbond substituents is 2. The van der Waals surface area contributed by atoms with Gasteiger partial charge >= 0.3 is 0 Å². The molecule has 3 aromatic rings. The van der Waals surface area contributed by atoms with Crippen molar-refractivity contribution in [1.29, 1.82) is 0 Å². The molecule has 6 nitrogen and oxygen atoms in total. The Labute approximate surface area is 164 Å². The van der Waals surface area contributed by atoms with Crippen LogP contribution in [0, 0.1) is 0 Å². The molecule has 0 aliphatic heterocycles. The first kappa shape index (κ1) is 19.2. The smallest absolute Gasteiger partial charge is 0.162 e. The van der Waals surface area contributed by atoms with Crippen molar-refractivity contribution in [2.75, 3.05) is 24.9 Å². The van der Waals surface area contributed by atoms with Crippen molar-refractivity contribution in [2.45, 2.75) is 13.1 Å². The summed E-state index contributed by atoms with van der Waals surface area (Å²) < 4.78 is 10.3. The van der Waals surface area contributed by atoms with Crippen LogP contribution < -0.4 is 20.1 Å². The lowest BCUT2D eigenvalue weighted by molar-refractivity contribution is 0.371. The lowest BCUT2D eigenvalue weighted by Gasteiger charge is -2.13. The molecule has 0 fully saturated rings. The van der Waals surface area contributed by atoms with Crippen LogP contribution in [0.15, 0.2) is 60.7 Å². The summed E-state index contributed by atoms with van der Waals surface area (Å²) in [4.78, 5) is 0. The fraction of sp³-hybridized carbons (Fsp3) is 0.182. The van der Waals surface area contributed by atoms with Gasteiger partial charge in [-0.25, -0.2) is 0 Å². The van der Waals surface area contributed by atoms with E-state index in [0.29, 0.717) is 24.6 Å². The summed E-state index contributed by atoms with van der Waals surface area (Å²) in [6, 6.07) is 18.6. The minimum atomic E-state index is 0.139. The van der Waals surface area contributed by atoms with Gasteiger partial charge in [-0.2, -0.15) is 0 Å². The number of para-hydroxylation sites is 2. The number of benzene rings is 3. The van der Waals surface area contributed by atoms with Gasteiger partial charge in [0, 0.05) is 35.6 Å². The lowest BCUT2D eigenvalue weighted by atomic mass is 10.1. The zero-order valence-electron chi connectivity index (χ0n) is 15.9. The van der Waals surface area contributed by atoms with E-state index in [1.54, 1.807) is 12.1 Å². The van der Waals surface area contributed by atoms with E-state index >= 15 is 0 Å². The fourth-order valence-electron chi connectivity index (χ4n) is 2.88. The van der Waals surface area contributed by atoms with E-state index in [1.807, 2.05) is 48.5 Å². The molecule has 0 heterocycles. The molecule has 0 spiro atoms. The van der Waals surface area contributed by atoms with Gasteiger partial charge in [-0.1, -0.05) is 30.3 Å². The summed E-state index contributed by atoms with van der Waals surface area (Å²) in [5, 5.41) is 27.0. The fourth-order valence-corrected chi connectivity index (χ4v) is 2.88.